The zero-order valence-corrected chi connectivity index (χ0v) is 16.9. The first-order chi connectivity index (χ1) is 15.5. The third-order valence-electron chi connectivity index (χ3n) is 5.52. The number of fused-ring (bicyclic) bond motifs is 2. The molecule has 8 nitrogen and oxygen atoms in total. The van der Waals surface area contributed by atoms with E-state index in [1.165, 1.54) is 0 Å². The van der Waals surface area contributed by atoms with Gasteiger partial charge in [-0.1, -0.05) is 18.2 Å². The van der Waals surface area contributed by atoms with Crippen LogP contribution in [0.2, 0.25) is 0 Å². The minimum absolute atomic E-state index is 0.192. The van der Waals surface area contributed by atoms with E-state index in [4.69, 9.17) is 20.4 Å². The number of hydrogen-bond donors (Lipinski definition) is 3. The van der Waals surface area contributed by atoms with E-state index in [-0.39, 0.29) is 6.79 Å². The van der Waals surface area contributed by atoms with Crippen LogP contribution in [0.1, 0.15) is 26.3 Å². The van der Waals surface area contributed by atoms with Crippen LogP contribution in [0.15, 0.2) is 66.7 Å². The number of ether oxygens (including phenoxy) is 2. The number of nitrogens with zero attached hydrogens (tertiary/aromatic N) is 1. The number of aromatic nitrogens is 1. The second-order valence-electron chi connectivity index (χ2n) is 7.46. The maximum atomic E-state index is 11.8. The van der Waals surface area contributed by atoms with Crippen molar-refractivity contribution in [2.24, 2.45) is 5.73 Å². The molecule has 5 rings (SSSR count). The minimum atomic E-state index is -0.574. The van der Waals surface area contributed by atoms with Gasteiger partial charge in [0.05, 0.1) is 0 Å². The minimum Gasteiger partial charge on any atom is -0.454 e. The fraction of sp³-hybridized carbons (Fsp3) is 0.0833. The highest BCUT2D eigenvalue weighted by Gasteiger charge is 2.18. The Balaban J connectivity index is 1.63. The quantitative estimate of drug-likeness (QED) is 0.333. The van der Waals surface area contributed by atoms with Crippen molar-refractivity contribution >= 4 is 22.7 Å². The summed E-state index contributed by atoms with van der Waals surface area (Å²) < 4.78 is 13.0. The Morgan fingerprint density at radius 2 is 1.69 bits per heavy atom. The average molecular weight is 429 g/mol. The lowest BCUT2D eigenvalue weighted by Crippen LogP contribution is -2.18. The Hall–Kier alpha value is -4.30. The molecule has 2 heterocycles. The number of hydroxylamine groups is 1. The maximum Gasteiger partial charge on any atom is 0.274 e. The van der Waals surface area contributed by atoms with Gasteiger partial charge >= 0.3 is 0 Å². The number of primary amides is 1. The van der Waals surface area contributed by atoms with Crippen molar-refractivity contribution in [1.29, 1.82) is 0 Å². The first-order valence-electron chi connectivity index (χ1n) is 9.90. The van der Waals surface area contributed by atoms with Gasteiger partial charge in [-0.25, -0.2) is 5.48 Å². The van der Waals surface area contributed by atoms with E-state index >= 15 is 0 Å². The fourth-order valence-electron chi connectivity index (χ4n) is 3.88. The third kappa shape index (κ3) is 3.42. The van der Waals surface area contributed by atoms with Crippen molar-refractivity contribution in [2.45, 2.75) is 6.54 Å². The van der Waals surface area contributed by atoms with E-state index in [1.54, 1.807) is 29.7 Å². The normalized spacial score (nSPS) is 12.2. The zero-order valence-electron chi connectivity index (χ0n) is 16.9. The van der Waals surface area contributed by atoms with Crippen molar-refractivity contribution < 1.29 is 24.3 Å². The van der Waals surface area contributed by atoms with E-state index in [0.717, 1.165) is 27.7 Å². The molecule has 0 bridgehead atoms. The van der Waals surface area contributed by atoms with Crippen molar-refractivity contribution in [3.63, 3.8) is 0 Å². The Bertz CT molecular complexity index is 1360. The summed E-state index contributed by atoms with van der Waals surface area (Å²) in [4.78, 5) is 23.4. The van der Waals surface area contributed by atoms with E-state index in [9.17, 15) is 9.59 Å². The standard InChI is InChI=1S/C24H19N3O5/c25-23(28)18-6-5-16-9-19(17-7-8-21-22(11-17)32-13-31-21)27(20(16)10-18)12-14-1-3-15(4-2-14)24(29)26-30/h1-11,30H,12-13H2,(H2,25,28)(H,26,29). The van der Waals surface area contributed by atoms with Gasteiger partial charge in [0, 0.05) is 39.8 Å². The van der Waals surface area contributed by atoms with Crippen LogP contribution in [0.4, 0.5) is 0 Å². The number of nitrogens with two attached hydrogens (primary N) is 1. The predicted molar refractivity (Wildman–Crippen MR) is 117 cm³/mol. The fourth-order valence-corrected chi connectivity index (χ4v) is 3.88. The molecule has 32 heavy (non-hydrogen) atoms. The van der Waals surface area contributed by atoms with Crippen LogP contribution in [-0.4, -0.2) is 28.4 Å². The van der Waals surface area contributed by atoms with Crippen molar-refractivity contribution in [3.8, 4) is 22.8 Å². The highest BCUT2D eigenvalue weighted by molar-refractivity contribution is 5.98. The van der Waals surface area contributed by atoms with Crippen LogP contribution in [-0.2, 0) is 6.54 Å². The Morgan fingerprint density at radius 1 is 0.938 bits per heavy atom. The number of amides is 2. The second-order valence-corrected chi connectivity index (χ2v) is 7.46. The summed E-state index contributed by atoms with van der Waals surface area (Å²) in [6.07, 6.45) is 0. The van der Waals surface area contributed by atoms with E-state index < -0.39 is 11.8 Å². The van der Waals surface area contributed by atoms with E-state index in [1.807, 2.05) is 42.5 Å². The van der Waals surface area contributed by atoms with Crippen LogP contribution in [0, 0.1) is 0 Å². The molecule has 1 aliphatic rings. The zero-order chi connectivity index (χ0) is 22.2. The number of rotatable bonds is 5. The van der Waals surface area contributed by atoms with Gasteiger partial charge in [0.2, 0.25) is 12.7 Å². The predicted octanol–water partition coefficient (Wildman–Crippen LogP) is 3.30. The lowest BCUT2D eigenvalue weighted by molar-refractivity contribution is 0.0706. The number of hydrogen-bond acceptors (Lipinski definition) is 5. The largest absolute Gasteiger partial charge is 0.454 e. The molecule has 0 atom stereocenters. The molecular weight excluding hydrogens is 410 g/mol. The summed E-state index contributed by atoms with van der Waals surface area (Å²) >= 11 is 0. The molecule has 3 aromatic carbocycles. The molecule has 1 aromatic heterocycles. The monoisotopic (exact) mass is 429 g/mol. The van der Waals surface area contributed by atoms with E-state index in [0.29, 0.717) is 29.2 Å². The van der Waals surface area contributed by atoms with Crippen LogP contribution in [0.25, 0.3) is 22.2 Å². The van der Waals surface area contributed by atoms with Gasteiger partial charge in [-0.05, 0) is 54.1 Å². The number of benzene rings is 3. The number of carbonyl (C=O) groups excluding carboxylic acids is 2. The SMILES string of the molecule is NC(=O)c1ccc2cc(-c3ccc4c(c3)OCO4)n(Cc3ccc(C(=O)NO)cc3)c2c1. The first-order valence-corrected chi connectivity index (χ1v) is 9.90. The van der Waals surface area contributed by atoms with Crippen molar-refractivity contribution in [1.82, 2.24) is 10.0 Å². The van der Waals surface area contributed by atoms with Crippen molar-refractivity contribution in [3.05, 3.63) is 83.4 Å². The topological polar surface area (TPSA) is 116 Å². The molecule has 0 saturated carbocycles. The van der Waals surface area contributed by atoms with Crippen molar-refractivity contribution in [2.75, 3.05) is 6.79 Å². The molecule has 0 radical (unpaired) electrons. The molecule has 2 amide bonds. The maximum absolute atomic E-state index is 11.8. The van der Waals surface area contributed by atoms with Gasteiger partial charge < -0.3 is 19.8 Å². The highest BCUT2D eigenvalue weighted by atomic mass is 16.7. The lowest BCUT2D eigenvalue weighted by Gasteiger charge is -2.13. The summed E-state index contributed by atoms with van der Waals surface area (Å²) in [6.45, 7) is 0.675. The molecule has 0 saturated heterocycles. The second kappa shape index (κ2) is 7.75. The third-order valence-corrected chi connectivity index (χ3v) is 5.52. The summed E-state index contributed by atoms with van der Waals surface area (Å²) in [5.41, 5.74) is 11.6. The van der Waals surface area contributed by atoms with Gasteiger partial charge in [0.15, 0.2) is 11.5 Å². The Labute approximate surface area is 182 Å². The van der Waals surface area contributed by atoms with Gasteiger partial charge in [0.1, 0.15) is 0 Å². The molecule has 0 fully saturated rings. The summed E-state index contributed by atoms with van der Waals surface area (Å²) in [7, 11) is 0. The molecule has 8 heteroatoms. The van der Waals surface area contributed by atoms with E-state index in [2.05, 4.69) is 4.57 Å². The smallest absolute Gasteiger partial charge is 0.274 e. The average Bonchev–Trinajstić information content (AvgIpc) is 3.42. The van der Waals surface area contributed by atoms with Gasteiger partial charge in [-0.2, -0.15) is 0 Å². The van der Waals surface area contributed by atoms with Crippen LogP contribution >= 0.6 is 0 Å². The van der Waals surface area contributed by atoms with Gasteiger partial charge in [-0.15, -0.1) is 0 Å². The highest BCUT2D eigenvalue weighted by Crippen LogP contribution is 2.38. The van der Waals surface area contributed by atoms with Crippen LogP contribution in [0.3, 0.4) is 0 Å². The molecular formula is C24H19N3O5. The number of nitrogens with one attached hydrogen (secondary N) is 1. The van der Waals surface area contributed by atoms with Crippen LogP contribution in [0.5, 0.6) is 11.5 Å². The van der Waals surface area contributed by atoms with Gasteiger partial charge in [-0.3, -0.25) is 14.8 Å². The summed E-state index contributed by atoms with van der Waals surface area (Å²) in [5, 5.41) is 9.78. The number of carbonyl (C=O) groups is 2. The molecule has 160 valence electrons. The Morgan fingerprint density at radius 3 is 2.44 bits per heavy atom. The molecule has 0 unspecified atom stereocenters. The summed E-state index contributed by atoms with van der Waals surface area (Å²) in [6, 6.07) is 20.1. The lowest BCUT2D eigenvalue weighted by atomic mass is 10.1. The molecule has 4 aromatic rings. The molecule has 4 N–H and O–H groups in total. The molecule has 0 aliphatic carbocycles. The first kappa shape index (κ1) is 19.7. The van der Waals surface area contributed by atoms with Crippen LogP contribution < -0.4 is 20.7 Å². The molecule has 1 aliphatic heterocycles. The van der Waals surface area contributed by atoms with Gasteiger partial charge in [0.25, 0.3) is 5.91 Å². The Kier molecular flexibility index (Phi) is 4.76. The summed E-state index contributed by atoms with van der Waals surface area (Å²) in [5.74, 6) is 0.306. The molecule has 0 spiro atoms.